The van der Waals surface area contributed by atoms with E-state index in [0.717, 1.165) is 22.3 Å². The third-order valence-electron chi connectivity index (χ3n) is 3.37. The van der Waals surface area contributed by atoms with Gasteiger partial charge in [0, 0.05) is 0 Å². The first-order chi connectivity index (χ1) is 15.6. The summed E-state index contributed by atoms with van der Waals surface area (Å²) in [5.74, 6) is 0. The van der Waals surface area contributed by atoms with E-state index in [9.17, 15) is 0 Å². The second-order valence-corrected chi connectivity index (χ2v) is 5.94. The number of halogens is 2. The van der Waals surface area contributed by atoms with Crippen LogP contribution < -0.4 is 0 Å². The molecular weight excluding hydrogens is 801 g/mol. The first-order valence-electron chi connectivity index (χ1n) is 9.28. The summed E-state index contributed by atoms with van der Waals surface area (Å²) in [5, 5.41) is 0. The van der Waals surface area contributed by atoms with Gasteiger partial charge in [-0.25, -0.2) is 0 Å². The van der Waals surface area contributed by atoms with Gasteiger partial charge in [-0.15, -0.1) is 48.5 Å². The average Bonchev–Trinajstić information content (AvgIpc) is 2.85. The molecule has 0 aliphatic rings. The van der Waals surface area contributed by atoms with Gasteiger partial charge < -0.3 is 0 Å². The zero-order valence-corrected chi connectivity index (χ0v) is 23.6. The van der Waals surface area contributed by atoms with E-state index < -0.39 is 0 Å². The van der Waals surface area contributed by atoms with Gasteiger partial charge in [0.1, 0.15) is 0 Å². The Bertz CT molecular complexity index is 691. The van der Waals surface area contributed by atoms with E-state index >= 15 is 0 Å². The van der Waals surface area contributed by atoms with Crippen molar-refractivity contribution in [2.75, 3.05) is 0 Å². The molecule has 0 saturated heterocycles. The zero-order valence-electron chi connectivity index (χ0n) is 17.7. The van der Waals surface area contributed by atoms with Gasteiger partial charge >= 0.3 is 58.4 Å². The van der Waals surface area contributed by atoms with Crippen molar-refractivity contribution in [2.24, 2.45) is 0 Å². The fourth-order valence-corrected chi connectivity index (χ4v) is 1.91. The summed E-state index contributed by atoms with van der Waals surface area (Å²) in [5.41, 5.74) is 4.29. The number of benzene rings is 4. The molecule has 0 aromatic heterocycles. The summed E-state index contributed by atoms with van der Waals surface area (Å²) in [6.07, 6.45) is 0. The van der Waals surface area contributed by atoms with Crippen molar-refractivity contribution >= 4 is 18.4 Å². The van der Waals surface area contributed by atoms with Gasteiger partial charge in [0.05, 0.1) is 0 Å². The fraction of sp³-hybridized carbons (Fsp3) is 0. The third-order valence-corrected chi connectivity index (χ3v) is 3.37. The molecule has 4 rings (SSSR count). The molecule has 180 valence electrons. The Labute approximate surface area is 227 Å². The predicted molar refractivity (Wildman–Crippen MR) is 135 cm³/mol. The van der Waals surface area contributed by atoms with Crippen molar-refractivity contribution in [3.8, 4) is 0 Å². The van der Waals surface area contributed by atoms with Crippen LogP contribution in [0, 0.1) is 27.7 Å². The van der Waals surface area contributed by atoms with Crippen molar-refractivity contribution < 1.29 is 40.0 Å². The van der Waals surface area contributed by atoms with E-state index in [1.807, 2.05) is 121 Å². The van der Waals surface area contributed by atoms with Gasteiger partial charge in [0.2, 0.25) is 0 Å². The summed E-state index contributed by atoms with van der Waals surface area (Å²) in [4.78, 5) is 0. The van der Waals surface area contributed by atoms with Gasteiger partial charge in [-0.3, -0.25) is 0 Å². The Hall–Kier alpha value is -1.58. The molecule has 0 fully saturated rings. The van der Waals surface area contributed by atoms with Gasteiger partial charge in [0.15, 0.2) is 0 Å². The van der Waals surface area contributed by atoms with Crippen LogP contribution in [0.5, 0.6) is 0 Å². The normalized spacial score (nSPS) is 7.94. The van der Waals surface area contributed by atoms with Crippen LogP contribution in [0.15, 0.2) is 121 Å². The summed E-state index contributed by atoms with van der Waals surface area (Å²) in [6, 6.07) is 39.5. The van der Waals surface area contributed by atoms with E-state index in [2.05, 4.69) is 46.1 Å². The summed E-state index contributed by atoms with van der Waals surface area (Å²) >= 11 is 3.50. The SMILES string of the molecule is [CH2-]c1ccccc1.[CH2-]c1ccccc1.[CH2-]c1ccccc1.[CH2-]c1ccccc1.[Cl][Au].[Cl][Au]. The number of hydrogen-bond donors (Lipinski definition) is 0. The molecule has 0 radical (unpaired) electrons. The Morgan fingerprint density at radius 3 is 0.500 bits per heavy atom. The molecule has 0 amide bonds. The number of hydrogen-bond acceptors (Lipinski definition) is 0. The minimum absolute atomic E-state index is 1.07. The second kappa shape index (κ2) is 25.7. The standard InChI is InChI=1S/4C7H7.2Au.2ClH/c4*1-7-5-3-2-4-6-7;;;;/h4*2-6H,1H2;;;2*1H/q4*-1;2*+1;;/p-2. The predicted octanol–water partition coefficient (Wildman–Crippen LogP) is 8.85. The second-order valence-electron chi connectivity index (χ2n) is 5.94. The molecule has 0 nitrogen and oxygen atoms in total. The molecule has 0 aliphatic heterocycles. The molecule has 0 aliphatic carbocycles. The van der Waals surface area contributed by atoms with Crippen LogP contribution in [-0.2, 0) is 40.0 Å². The van der Waals surface area contributed by atoms with Crippen molar-refractivity contribution in [2.45, 2.75) is 0 Å². The molecule has 0 N–H and O–H groups in total. The van der Waals surface area contributed by atoms with E-state index in [1.54, 1.807) is 40.0 Å². The zero-order chi connectivity index (χ0) is 24.5. The van der Waals surface area contributed by atoms with E-state index in [-0.39, 0.29) is 0 Å². The average molecular weight is 829 g/mol. The van der Waals surface area contributed by atoms with Crippen LogP contribution in [0.3, 0.4) is 0 Å². The molecular formula is C28H28Au2Cl2-4. The third kappa shape index (κ3) is 23.1. The van der Waals surface area contributed by atoms with Gasteiger partial charge in [-0.05, 0) is 0 Å². The van der Waals surface area contributed by atoms with Gasteiger partial charge in [-0.2, -0.15) is 98.5 Å². The minimum atomic E-state index is 1.07. The topological polar surface area (TPSA) is 0 Å². The quantitative estimate of drug-likeness (QED) is 0.123. The van der Waals surface area contributed by atoms with Crippen molar-refractivity contribution in [1.82, 2.24) is 0 Å². The monoisotopic (exact) mass is 828 g/mol. The molecule has 4 aromatic rings. The van der Waals surface area contributed by atoms with E-state index in [1.165, 1.54) is 0 Å². The Morgan fingerprint density at radius 1 is 0.312 bits per heavy atom. The van der Waals surface area contributed by atoms with Crippen LogP contribution in [0.25, 0.3) is 0 Å². The molecule has 4 heteroatoms. The maximum absolute atomic E-state index is 4.58. The Kier molecular flexibility index (Phi) is 26.2. The van der Waals surface area contributed by atoms with Gasteiger partial charge in [0.25, 0.3) is 0 Å². The fourth-order valence-electron chi connectivity index (χ4n) is 1.91. The molecule has 0 saturated carbocycles. The van der Waals surface area contributed by atoms with Crippen LogP contribution in [0.2, 0.25) is 0 Å². The summed E-state index contributed by atoms with van der Waals surface area (Å²) in [7, 11) is 9.17. The van der Waals surface area contributed by atoms with Crippen LogP contribution in [0.1, 0.15) is 22.3 Å². The first-order valence-corrected chi connectivity index (χ1v) is 14.7. The van der Waals surface area contributed by atoms with E-state index in [4.69, 9.17) is 0 Å². The van der Waals surface area contributed by atoms with E-state index in [0.29, 0.717) is 0 Å². The summed E-state index contributed by atoms with van der Waals surface area (Å²) in [6.45, 7) is 14.9. The molecule has 0 heterocycles. The van der Waals surface area contributed by atoms with Crippen LogP contribution in [-0.4, -0.2) is 0 Å². The molecule has 0 spiro atoms. The van der Waals surface area contributed by atoms with Crippen LogP contribution in [0.4, 0.5) is 0 Å². The molecule has 4 aromatic carbocycles. The maximum atomic E-state index is 4.58. The Balaban J connectivity index is 0. The van der Waals surface area contributed by atoms with Crippen molar-refractivity contribution in [1.29, 1.82) is 0 Å². The van der Waals surface area contributed by atoms with Gasteiger partial charge in [-0.1, -0.05) is 24.3 Å². The Morgan fingerprint density at radius 2 is 0.438 bits per heavy atom. The molecule has 0 bridgehead atoms. The van der Waals surface area contributed by atoms with Crippen molar-refractivity contribution in [3.63, 3.8) is 0 Å². The molecule has 32 heavy (non-hydrogen) atoms. The molecule has 0 unspecified atom stereocenters. The molecule has 0 atom stereocenters. The first kappa shape index (κ1) is 32.6. The van der Waals surface area contributed by atoms with Crippen LogP contribution >= 0.6 is 18.4 Å². The summed E-state index contributed by atoms with van der Waals surface area (Å²) < 4.78 is 0. The van der Waals surface area contributed by atoms with Crippen molar-refractivity contribution in [3.05, 3.63) is 171 Å². The number of rotatable bonds is 0.